The second kappa shape index (κ2) is 16.9. The van der Waals surface area contributed by atoms with Gasteiger partial charge in [0.15, 0.2) is 5.96 Å². The second-order valence-corrected chi connectivity index (χ2v) is 11.2. The molecule has 10 N–H and O–H groups in total. The number of carboxylic acid groups (broad SMARTS) is 1. The van der Waals surface area contributed by atoms with Gasteiger partial charge >= 0.3 is 12.1 Å². The highest BCUT2D eigenvalue weighted by molar-refractivity contribution is 6.00. The third kappa shape index (κ3) is 10.9. The van der Waals surface area contributed by atoms with Crippen LogP contribution >= 0.6 is 0 Å². The minimum Gasteiger partial charge on any atom is -0.481 e. The van der Waals surface area contributed by atoms with Crippen molar-refractivity contribution >= 4 is 41.5 Å². The van der Waals surface area contributed by atoms with Gasteiger partial charge < -0.3 is 43.2 Å². The van der Waals surface area contributed by atoms with Crippen molar-refractivity contribution in [1.29, 1.82) is 0 Å². The maximum absolute atomic E-state index is 15.2. The third-order valence-corrected chi connectivity index (χ3v) is 7.46. The van der Waals surface area contributed by atoms with E-state index in [0.717, 1.165) is 0 Å². The van der Waals surface area contributed by atoms with Gasteiger partial charge in [-0.15, -0.1) is 0 Å². The molecule has 3 rings (SSSR count). The number of hydrogen-bond donors (Lipinski definition) is 8. The summed E-state index contributed by atoms with van der Waals surface area (Å²) in [6.07, 6.45) is -8.19. The average Bonchev–Trinajstić information content (AvgIpc) is 3.03. The molecule has 15 nitrogen and oxygen atoms in total. The van der Waals surface area contributed by atoms with Crippen LogP contribution in [0.1, 0.15) is 30.4 Å². The molecule has 1 saturated heterocycles. The molecule has 0 aliphatic carbocycles. The molecule has 18 heteroatoms. The second-order valence-electron chi connectivity index (χ2n) is 11.2. The lowest BCUT2D eigenvalue weighted by atomic mass is 9.87. The number of carbonyl (C=O) groups excluding carboxylic acids is 5. The zero-order valence-corrected chi connectivity index (χ0v) is 26.1. The summed E-state index contributed by atoms with van der Waals surface area (Å²) in [4.78, 5) is 82.4. The molecule has 1 aliphatic rings. The number of halogens is 3. The fourth-order valence-electron chi connectivity index (χ4n) is 4.99. The van der Waals surface area contributed by atoms with Gasteiger partial charge in [-0.25, -0.2) is 0 Å². The molecule has 0 bridgehead atoms. The summed E-state index contributed by atoms with van der Waals surface area (Å²) < 4.78 is 45.7. The highest BCUT2D eigenvalue weighted by Crippen LogP contribution is 2.34. The Balaban J connectivity index is 2.16. The van der Waals surface area contributed by atoms with Crippen molar-refractivity contribution in [1.82, 2.24) is 26.6 Å². The largest absolute Gasteiger partial charge is 0.481 e. The Morgan fingerprint density at radius 2 is 1.45 bits per heavy atom. The van der Waals surface area contributed by atoms with Crippen LogP contribution in [0.3, 0.4) is 0 Å². The SMILES string of the molecule is NC(N)=NCCCC1NC(=O)C(Cc2ccccc2)NC(=O)C(Cc2ccccc2)(C(F)(F)F)NC(=O)C(CC(=O)O)NC(=O)CNC1=O. The predicted molar refractivity (Wildman–Crippen MR) is 168 cm³/mol. The quantitative estimate of drug-likeness (QED) is 0.0864. The Labute approximate surface area is 278 Å². The van der Waals surface area contributed by atoms with E-state index in [2.05, 4.69) is 20.9 Å². The first-order chi connectivity index (χ1) is 23.1. The van der Waals surface area contributed by atoms with Crippen molar-refractivity contribution in [2.75, 3.05) is 13.1 Å². The Kier molecular flexibility index (Phi) is 13.1. The van der Waals surface area contributed by atoms with Gasteiger partial charge in [0.1, 0.15) is 18.1 Å². The van der Waals surface area contributed by atoms with E-state index in [-0.39, 0.29) is 37.3 Å². The molecule has 1 heterocycles. The molecule has 0 spiro atoms. The first-order valence-corrected chi connectivity index (χ1v) is 15.0. The smallest absolute Gasteiger partial charge is 0.420 e. The number of alkyl halides is 3. The van der Waals surface area contributed by atoms with E-state index in [1.165, 1.54) is 30.3 Å². The number of hydrogen-bond acceptors (Lipinski definition) is 7. The lowest BCUT2D eigenvalue weighted by molar-refractivity contribution is -0.202. The summed E-state index contributed by atoms with van der Waals surface area (Å²) in [5.41, 5.74) is 7.28. The number of rotatable bonds is 10. The maximum Gasteiger partial charge on any atom is 0.420 e. The van der Waals surface area contributed by atoms with Gasteiger partial charge in [0.2, 0.25) is 29.2 Å². The molecule has 4 atom stereocenters. The number of nitrogens with two attached hydrogens (primary N) is 2. The number of amides is 5. The van der Waals surface area contributed by atoms with Gasteiger partial charge in [-0.05, 0) is 24.0 Å². The number of guanidine groups is 1. The number of carboxylic acids is 1. The van der Waals surface area contributed by atoms with E-state index in [1.54, 1.807) is 35.6 Å². The normalized spacial score (nSPS) is 22.6. The molecule has 1 aliphatic heterocycles. The van der Waals surface area contributed by atoms with Gasteiger partial charge in [-0.2, -0.15) is 13.2 Å². The van der Waals surface area contributed by atoms with Crippen LogP contribution in [0.2, 0.25) is 0 Å². The van der Waals surface area contributed by atoms with E-state index in [0.29, 0.717) is 5.56 Å². The molecule has 4 unspecified atom stereocenters. The van der Waals surface area contributed by atoms with Gasteiger partial charge in [-0.1, -0.05) is 60.7 Å². The monoisotopic (exact) mass is 690 g/mol. The highest BCUT2D eigenvalue weighted by atomic mass is 19.4. The molecule has 2 aromatic rings. The predicted octanol–water partition coefficient (Wildman–Crippen LogP) is -0.998. The van der Waals surface area contributed by atoms with Crippen LogP contribution in [0.25, 0.3) is 0 Å². The van der Waals surface area contributed by atoms with Crippen LogP contribution in [0, 0.1) is 0 Å². The summed E-state index contributed by atoms with van der Waals surface area (Å²) in [5, 5.41) is 19.9. The van der Waals surface area contributed by atoms with E-state index < -0.39 is 84.7 Å². The first kappa shape index (κ1) is 37.8. The van der Waals surface area contributed by atoms with Crippen molar-refractivity contribution in [2.45, 2.75) is 61.9 Å². The number of nitrogens with one attached hydrogen (secondary N) is 5. The summed E-state index contributed by atoms with van der Waals surface area (Å²) >= 11 is 0. The maximum atomic E-state index is 15.2. The standard InChI is InChI=1S/C31H37F3N8O7/c32-31(33,34)30(16-19-10-5-2-6-11-19)28(49)41-21(14-18-8-3-1-4-9-18)26(47)40-20(12-7-13-37-29(35)36)25(46)38-17-23(43)39-22(15-24(44)45)27(48)42-30/h1-6,8-11,20-22H,7,12-17H2,(H,38,46)(H,39,43)(H,40,47)(H,41,49)(H,42,48)(H,44,45)(H4,35,36,37). The van der Waals surface area contributed by atoms with E-state index in [9.17, 15) is 33.9 Å². The van der Waals surface area contributed by atoms with Crippen LogP contribution in [-0.4, -0.2) is 89.5 Å². The lowest BCUT2D eigenvalue weighted by Crippen LogP contribution is -2.71. The molecule has 49 heavy (non-hydrogen) atoms. The Morgan fingerprint density at radius 1 is 0.837 bits per heavy atom. The van der Waals surface area contributed by atoms with Crippen LogP contribution in [0.5, 0.6) is 0 Å². The Bertz CT molecular complexity index is 1540. The summed E-state index contributed by atoms with van der Waals surface area (Å²) in [7, 11) is 0. The summed E-state index contributed by atoms with van der Waals surface area (Å²) in [5.74, 6) is -8.49. The zero-order chi connectivity index (χ0) is 36.2. The average molecular weight is 691 g/mol. The van der Waals surface area contributed by atoms with E-state index >= 15 is 13.2 Å². The molecule has 0 saturated carbocycles. The highest BCUT2D eigenvalue weighted by Gasteiger charge is 2.62. The van der Waals surface area contributed by atoms with Crippen molar-refractivity contribution in [3.8, 4) is 0 Å². The minimum absolute atomic E-state index is 0.0326. The third-order valence-electron chi connectivity index (χ3n) is 7.46. The minimum atomic E-state index is -5.53. The van der Waals surface area contributed by atoms with Crippen LogP contribution in [0.15, 0.2) is 65.7 Å². The summed E-state index contributed by atoms with van der Waals surface area (Å²) in [6.45, 7) is -0.813. The van der Waals surface area contributed by atoms with Crippen LogP contribution in [0.4, 0.5) is 13.2 Å². The van der Waals surface area contributed by atoms with E-state index in [1.807, 2.05) is 5.32 Å². The fourth-order valence-corrected chi connectivity index (χ4v) is 4.99. The zero-order valence-electron chi connectivity index (χ0n) is 26.1. The van der Waals surface area contributed by atoms with Gasteiger partial charge in [-0.3, -0.25) is 33.8 Å². The number of nitrogens with zero attached hydrogens (tertiary/aromatic N) is 1. The van der Waals surface area contributed by atoms with Crippen molar-refractivity contribution < 1.29 is 47.0 Å². The van der Waals surface area contributed by atoms with E-state index in [4.69, 9.17) is 11.5 Å². The van der Waals surface area contributed by atoms with Crippen molar-refractivity contribution in [3.05, 3.63) is 71.8 Å². The first-order valence-electron chi connectivity index (χ1n) is 15.0. The fraction of sp³-hybridized carbons (Fsp3) is 0.387. The number of aliphatic imine (C=N–C) groups is 1. The van der Waals surface area contributed by atoms with Gasteiger partial charge in [0.05, 0.1) is 13.0 Å². The number of carbonyl (C=O) groups is 6. The molecule has 5 amide bonds. The Hall–Kier alpha value is -5.68. The molecular formula is C31H37F3N8O7. The number of benzene rings is 2. The molecular weight excluding hydrogens is 653 g/mol. The lowest BCUT2D eigenvalue weighted by Gasteiger charge is -2.37. The van der Waals surface area contributed by atoms with Crippen LogP contribution < -0.4 is 38.1 Å². The Morgan fingerprint density at radius 3 is 2.02 bits per heavy atom. The molecule has 1 fully saturated rings. The van der Waals surface area contributed by atoms with Crippen molar-refractivity contribution in [2.24, 2.45) is 16.5 Å². The number of aliphatic carboxylic acids is 1. The summed E-state index contributed by atoms with van der Waals surface area (Å²) in [6, 6.07) is 9.64. The topological polar surface area (TPSA) is 247 Å². The van der Waals surface area contributed by atoms with Gasteiger partial charge in [0.25, 0.3) is 5.91 Å². The van der Waals surface area contributed by atoms with Gasteiger partial charge in [0, 0.05) is 19.4 Å². The molecule has 0 radical (unpaired) electrons. The van der Waals surface area contributed by atoms with Crippen LogP contribution in [-0.2, 0) is 41.6 Å². The molecule has 0 aromatic heterocycles. The molecule has 264 valence electrons. The molecule has 2 aromatic carbocycles. The van der Waals surface area contributed by atoms with Crippen molar-refractivity contribution in [3.63, 3.8) is 0 Å².